The fourth-order valence-electron chi connectivity index (χ4n) is 1.36. The van der Waals surface area contributed by atoms with Gasteiger partial charge >= 0.3 is 0 Å². The summed E-state index contributed by atoms with van der Waals surface area (Å²) in [6.07, 6.45) is 0.640. The van der Waals surface area contributed by atoms with E-state index >= 15 is 0 Å². The van der Waals surface area contributed by atoms with Crippen LogP contribution >= 0.6 is 0 Å². The van der Waals surface area contributed by atoms with Gasteiger partial charge in [-0.25, -0.2) is 0 Å². The lowest BCUT2D eigenvalue weighted by Crippen LogP contribution is -2.35. The van der Waals surface area contributed by atoms with Gasteiger partial charge < -0.3 is 4.90 Å². The van der Waals surface area contributed by atoms with Crippen LogP contribution in [-0.4, -0.2) is 31.3 Å². The van der Waals surface area contributed by atoms with E-state index in [0.29, 0.717) is 12.2 Å². The molecule has 0 unspecified atom stereocenters. The van der Waals surface area contributed by atoms with Crippen molar-refractivity contribution in [2.75, 3.05) is 20.6 Å². The number of hydrogen-bond donors (Lipinski definition) is 0. The van der Waals surface area contributed by atoms with Crippen molar-refractivity contribution in [2.45, 2.75) is 27.2 Å². The van der Waals surface area contributed by atoms with E-state index in [-0.39, 0.29) is 5.41 Å². The van der Waals surface area contributed by atoms with Gasteiger partial charge in [0.25, 0.3) is 0 Å². The van der Waals surface area contributed by atoms with Crippen LogP contribution in [0.3, 0.4) is 0 Å². The molecule has 0 fully saturated rings. The molecule has 0 atom stereocenters. The minimum atomic E-state index is -0.182. The summed E-state index contributed by atoms with van der Waals surface area (Å²) >= 11 is 0. The first-order valence-electron chi connectivity index (χ1n) is 4.08. The van der Waals surface area contributed by atoms with Gasteiger partial charge in [-0.3, -0.25) is 4.79 Å². The lowest BCUT2D eigenvalue weighted by molar-refractivity contribution is -0.127. The molecule has 0 aliphatic carbocycles. The summed E-state index contributed by atoms with van der Waals surface area (Å²) in [5.41, 5.74) is -0.182. The molecule has 0 bridgehead atoms. The second kappa shape index (κ2) is 3.86. The standard InChI is InChI=1S/C9H19NO/c1-6-8(11)9(2,3)7-10(4)5/h6-7H2,1-5H3. The molecule has 0 aliphatic heterocycles. The predicted octanol–water partition coefficient (Wildman–Crippen LogP) is 1.55. The quantitative estimate of drug-likeness (QED) is 0.617. The van der Waals surface area contributed by atoms with Crippen molar-refractivity contribution < 1.29 is 4.79 Å². The van der Waals surface area contributed by atoms with Crippen molar-refractivity contribution in [3.63, 3.8) is 0 Å². The highest BCUT2D eigenvalue weighted by Gasteiger charge is 2.25. The van der Waals surface area contributed by atoms with Crippen molar-refractivity contribution in [3.05, 3.63) is 0 Å². The first-order chi connectivity index (χ1) is 4.90. The molecule has 0 rings (SSSR count). The zero-order valence-corrected chi connectivity index (χ0v) is 8.27. The normalized spacial score (nSPS) is 12.2. The van der Waals surface area contributed by atoms with Crippen LogP contribution in [0.5, 0.6) is 0 Å². The van der Waals surface area contributed by atoms with Gasteiger partial charge in [0.2, 0.25) is 0 Å². The van der Waals surface area contributed by atoms with Crippen molar-refractivity contribution >= 4 is 5.78 Å². The molecular formula is C9H19NO. The molecule has 2 heteroatoms. The van der Waals surface area contributed by atoms with E-state index in [2.05, 4.69) is 0 Å². The SMILES string of the molecule is CCC(=O)C(C)(C)CN(C)C. The Labute approximate surface area is 69.6 Å². The Morgan fingerprint density at radius 1 is 1.36 bits per heavy atom. The van der Waals surface area contributed by atoms with E-state index < -0.39 is 0 Å². The van der Waals surface area contributed by atoms with Crippen LogP contribution in [-0.2, 0) is 4.79 Å². The van der Waals surface area contributed by atoms with Crippen LogP contribution in [0, 0.1) is 5.41 Å². The molecular weight excluding hydrogens is 138 g/mol. The smallest absolute Gasteiger partial charge is 0.139 e. The maximum absolute atomic E-state index is 11.3. The minimum Gasteiger partial charge on any atom is -0.308 e. The molecule has 0 aromatic rings. The first-order valence-corrected chi connectivity index (χ1v) is 4.08. The lowest BCUT2D eigenvalue weighted by Gasteiger charge is -2.26. The molecule has 0 amide bonds. The third kappa shape index (κ3) is 3.51. The van der Waals surface area contributed by atoms with Gasteiger partial charge in [0, 0.05) is 18.4 Å². The summed E-state index contributed by atoms with van der Waals surface area (Å²) in [6, 6.07) is 0. The Bertz CT molecular complexity index is 138. The summed E-state index contributed by atoms with van der Waals surface area (Å²) in [6.45, 7) is 6.75. The van der Waals surface area contributed by atoms with Gasteiger partial charge in [0.15, 0.2) is 0 Å². The maximum Gasteiger partial charge on any atom is 0.139 e. The summed E-state index contributed by atoms with van der Waals surface area (Å²) in [5, 5.41) is 0. The van der Waals surface area contributed by atoms with Crippen LogP contribution in [0.4, 0.5) is 0 Å². The molecule has 0 N–H and O–H groups in total. The molecule has 0 aromatic heterocycles. The lowest BCUT2D eigenvalue weighted by atomic mass is 9.86. The number of carbonyl (C=O) groups is 1. The number of rotatable bonds is 4. The minimum absolute atomic E-state index is 0.182. The number of hydrogen-bond acceptors (Lipinski definition) is 2. The topological polar surface area (TPSA) is 20.3 Å². The molecule has 0 aliphatic rings. The van der Waals surface area contributed by atoms with E-state index in [9.17, 15) is 4.79 Å². The predicted molar refractivity (Wildman–Crippen MR) is 47.6 cm³/mol. The van der Waals surface area contributed by atoms with Crippen molar-refractivity contribution in [3.8, 4) is 0 Å². The van der Waals surface area contributed by atoms with Crippen molar-refractivity contribution in [1.29, 1.82) is 0 Å². The number of carbonyl (C=O) groups excluding carboxylic acids is 1. The van der Waals surface area contributed by atoms with Crippen LogP contribution in [0.2, 0.25) is 0 Å². The molecule has 0 radical (unpaired) electrons. The average Bonchev–Trinajstić information content (AvgIpc) is 1.83. The fraction of sp³-hybridized carbons (Fsp3) is 0.889. The highest BCUT2D eigenvalue weighted by Crippen LogP contribution is 2.18. The van der Waals surface area contributed by atoms with E-state index in [1.165, 1.54) is 0 Å². The van der Waals surface area contributed by atoms with Gasteiger partial charge in [0.1, 0.15) is 5.78 Å². The average molecular weight is 157 g/mol. The highest BCUT2D eigenvalue weighted by atomic mass is 16.1. The maximum atomic E-state index is 11.3. The van der Waals surface area contributed by atoms with Gasteiger partial charge in [-0.1, -0.05) is 20.8 Å². The van der Waals surface area contributed by atoms with E-state index in [1.54, 1.807) is 0 Å². The fourth-order valence-corrected chi connectivity index (χ4v) is 1.36. The van der Waals surface area contributed by atoms with Crippen LogP contribution in [0.25, 0.3) is 0 Å². The third-order valence-corrected chi connectivity index (χ3v) is 1.79. The molecule has 2 nitrogen and oxygen atoms in total. The Hall–Kier alpha value is -0.370. The van der Waals surface area contributed by atoms with Gasteiger partial charge in [0.05, 0.1) is 0 Å². The monoisotopic (exact) mass is 157 g/mol. The Balaban J connectivity index is 4.09. The summed E-state index contributed by atoms with van der Waals surface area (Å²) in [4.78, 5) is 13.4. The molecule has 0 saturated heterocycles. The largest absolute Gasteiger partial charge is 0.308 e. The third-order valence-electron chi connectivity index (χ3n) is 1.79. The summed E-state index contributed by atoms with van der Waals surface area (Å²) < 4.78 is 0. The molecule has 0 heterocycles. The zero-order valence-electron chi connectivity index (χ0n) is 8.27. The highest BCUT2D eigenvalue weighted by molar-refractivity contribution is 5.83. The molecule has 66 valence electrons. The Morgan fingerprint density at radius 3 is 2.09 bits per heavy atom. The Morgan fingerprint density at radius 2 is 1.82 bits per heavy atom. The Kier molecular flexibility index (Phi) is 3.73. The van der Waals surface area contributed by atoms with E-state index in [4.69, 9.17) is 0 Å². The first kappa shape index (κ1) is 10.6. The molecule has 0 aromatic carbocycles. The van der Waals surface area contributed by atoms with Crippen LogP contribution in [0.1, 0.15) is 27.2 Å². The van der Waals surface area contributed by atoms with Crippen molar-refractivity contribution in [1.82, 2.24) is 4.90 Å². The zero-order chi connectivity index (χ0) is 9.07. The molecule has 0 spiro atoms. The molecule has 0 saturated carbocycles. The summed E-state index contributed by atoms with van der Waals surface area (Å²) in [5.74, 6) is 0.339. The second-order valence-electron chi connectivity index (χ2n) is 3.90. The van der Waals surface area contributed by atoms with Crippen LogP contribution in [0.15, 0.2) is 0 Å². The van der Waals surface area contributed by atoms with Crippen molar-refractivity contribution in [2.24, 2.45) is 5.41 Å². The van der Waals surface area contributed by atoms with E-state index in [0.717, 1.165) is 6.54 Å². The van der Waals surface area contributed by atoms with Gasteiger partial charge in [-0.15, -0.1) is 0 Å². The molecule has 11 heavy (non-hydrogen) atoms. The van der Waals surface area contributed by atoms with Crippen LogP contribution < -0.4 is 0 Å². The number of nitrogens with zero attached hydrogens (tertiary/aromatic N) is 1. The van der Waals surface area contributed by atoms with Gasteiger partial charge in [-0.2, -0.15) is 0 Å². The summed E-state index contributed by atoms with van der Waals surface area (Å²) in [7, 11) is 3.98. The van der Waals surface area contributed by atoms with Gasteiger partial charge in [-0.05, 0) is 14.1 Å². The second-order valence-corrected chi connectivity index (χ2v) is 3.90. The van der Waals surface area contributed by atoms with E-state index in [1.807, 2.05) is 39.8 Å². The number of ketones is 1. The number of Topliss-reactive ketones (excluding diaryl/α,β-unsaturated/α-hetero) is 1.